The lowest BCUT2D eigenvalue weighted by molar-refractivity contribution is 0.0469. The van der Waals surface area contributed by atoms with Gasteiger partial charge in [-0.15, -0.1) is 0 Å². The normalized spacial score (nSPS) is 24.3. The Hall–Kier alpha value is -2.02. The highest BCUT2D eigenvalue weighted by Gasteiger charge is 2.41. The fourth-order valence-corrected chi connectivity index (χ4v) is 4.59. The predicted molar refractivity (Wildman–Crippen MR) is 93.2 cm³/mol. The first-order chi connectivity index (χ1) is 11.8. The van der Waals surface area contributed by atoms with Gasteiger partial charge in [-0.2, -0.15) is 0 Å². The molecule has 0 radical (unpaired) electrons. The molecule has 2 fully saturated rings. The number of rotatable bonds is 2. The topological polar surface area (TPSA) is 62.2 Å². The fourth-order valence-electron chi connectivity index (χ4n) is 4.03. The minimum absolute atomic E-state index is 0.129. The van der Waals surface area contributed by atoms with E-state index in [0.717, 1.165) is 49.8 Å². The van der Waals surface area contributed by atoms with Gasteiger partial charge in [0.05, 0.1) is 0 Å². The maximum Gasteiger partial charge on any atom is 0.265 e. The van der Waals surface area contributed by atoms with Gasteiger partial charge in [-0.05, 0) is 49.3 Å². The van der Waals surface area contributed by atoms with Crippen molar-refractivity contribution in [1.29, 1.82) is 0 Å². The number of likely N-dealkylation sites (tertiary alicyclic amines) is 1. The van der Waals surface area contributed by atoms with E-state index in [1.165, 1.54) is 24.4 Å². The number of carbonyl (C=O) groups is 1. The summed E-state index contributed by atoms with van der Waals surface area (Å²) in [5, 5.41) is 0. The van der Waals surface area contributed by atoms with E-state index in [1.807, 2.05) is 17.0 Å². The van der Waals surface area contributed by atoms with E-state index in [1.54, 1.807) is 18.6 Å². The van der Waals surface area contributed by atoms with Crippen LogP contribution in [0.25, 0.3) is 0 Å². The summed E-state index contributed by atoms with van der Waals surface area (Å²) in [6.07, 6.45) is 9.82. The monoisotopic (exact) mass is 343 g/mol. The zero-order valence-corrected chi connectivity index (χ0v) is 14.4. The number of aromatic nitrogens is 3. The van der Waals surface area contributed by atoms with Crippen molar-refractivity contribution in [3.8, 4) is 0 Å². The van der Waals surface area contributed by atoms with Crippen LogP contribution in [0, 0.1) is 5.41 Å². The van der Waals surface area contributed by atoms with E-state index in [0.29, 0.717) is 0 Å². The number of amides is 1. The number of anilines is 1. The third-order valence-corrected chi connectivity index (χ3v) is 5.83. The highest BCUT2D eigenvalue weighted by atomic mass is 32.1. The molecule has 2 saturated heterocycles. The molecule has 126 valence electrons. The molecule has 2 aromatic heterocycles. The molecule has 4 rings (SSSR count). The van der Waals surface area contributed by atoms with Crippen LogP contribution in [-0.2, 0) is 0 Å². The van der Waals surface area contributed by atoms with Gasteiger partial charge in [0.1, 0.15) is 4.88 Å². The van der Waals surface area contributed by atoms with Gasteiger partial charge in [0.2, 0.25) is 5.95 Å². The van der Waals surface area contributed by atoms with Crippen LogP contribution in [0.2, 0.25) is 0 Å². The van der Waals surface area contributed by atoms with Gasteiger partial charge >= 0.3 is 0 Å². The predicted octanol–water partition coefficient (Wildman–Crippen LogP) is 2.46. The van der Waals surface area contributed by atoms with Crippen LogP contribution in [0.4, 0.5) is 5.95 Å². The summed E-state index contributed by atoms with van der Waals surface area (Å²) in [6, 6.07) is 3.67. The van der Waals surface area contributed by atoms with E-state index in [4.69, 9.17) is 0 Å². The Morgan fingerprint density at radius 2 is 1.88 bits per heavy atom. The number of hydrogen-bond acceptors (Lipinski definition) is 6. The molecular weight excluding hydrogens is 322 g/mol. The third kappa shape index (κ3) is 3.00. The zero-order chi connectivity index (χ0) is 16.4. The molecule has 2 aromatic rings. The first-order valence-electron chi connectivity index (χ1n) is 8.48. The highest BCUT2D eigenvalue weighted by Crippen LogP contribution is 2.39. The molecule has 7 heteroatoms. The largest absolute Gasteiger partial charge is 0.340 e. The van der Waals surface area contributed by atoms with Crippen LogP contribution in [0.3, 0.4) is 0 Å². The molecule has 4 heterocycles. The molecule has 24 heavy (non-hydrogen) atoms. The molecule has 2 aliphatic heterocycles. The average Bonchev–Trinajstić information content (AvgIpc) is 3.17. The molecular formula is C17H21N5OS. The van der Waals surface area contributed by atoms with Crippen LogP contribution in [-0.4, -0.2) is 51.3 Å². The van der Waals surface area contributed by atoms with Crippen molar-refractivity contribution in [1.82, 2.24) is 19.2 Å². The lowest BCUT2D eigenvalue weighted by Crippen LogP contribution is -2.54. The van der Waals surface area contributed by atoms with Crippen LogP contribution >= 0.6 is 11.5 Å². The van der Waals surface area contributed by atoms with E-state index < -0.39 is 0 Å². The summed E-state index contributed by atoms with van der Waals surface area (Å²) >= 11 is 1.29. The molecule has 2 aliphatic rings. The number of nitrogens with zero attached hydrogens (tertiary/aromatic N) is 5. The third-order valence-electron chi connectivity index (χ3n) is 5.09. The molecule has 1 spiro atoms. The molecule has 0 saturated carbocycles. The van der Waals surface area contributed by atoms with E-state index >= 15 is 0 Å². The molecule has 1 amide bonds. The van der Waals surface area contributed by atoms with Crippen LogP contribution < -0.4 is 4.90 Å². The summed E-state index contributed by atoms with van der Waals surface area (Å²) in [5.41, 5.74) is 0.163. The first kappa shape index (κ1) is 15.5. The van der Waals surface area contributed by atoms with Gasteiger partial charge in [0.15, 0.2) is 0 Å². The van der Waals surface area contributed by atoms with Crippen molar-refractivity contribution >= 4 is 23.4 Å². The smallest absolute Gasteiger partial charge is 0.265 e. The van der Waals surface area contributed by atoms with E-state index in [2.05, 4.69) is 19.2 Å². The van der Waals surface area contributed by atoms with Crippen molar-refractivity contribution in [2.75, 3.05) is 31.1 Å². The fraction of sp³-hybridized carbons (Fsp3) is 0.529. The Bertz CT molecular complexity index is 688. The van der Waals surface area contributed by atoms with Crippen LogP contribution in [0.1, 0.15) is 35.4 Å². The molecule has 0 bridgehead atoms. The maximum absolute atomic E-state index is 12.7. The zero-order valence-electron chi connectivity index (χ0n) is 13.6. The highest BCUT2D eigenvalue weighted by molar-refractivity contribution is 7.08. The molecule has 0 N–H and O–H groups in total. The Morgan fingerprint density at radius 1 is 1.08 bits per heavy atom. The van der Waals surface area contributed by atoms with Crippen molar-refractivity contribution < 1.29 is 4.79 Å². The SMILES string of the molecule is O=C(c1ccns1)N1CCCC2(CCCN(c3ncccn3)C2)C1. The van der Waals surface area contributed by atoms with Crippen LogP contribution in [0.15, 0.2) is 30.7 Å². The number of carbonyl (C=O) groups excluding carboxylic acids is 1. The summed E-state index contributed by atoms with van der Waals surface area (Å²) < 4.78 is 4.06. The lowest BCUT2D eigenvalue weighted by Gasteiger charge is -2.48. The van der Waals surface area contributed by atoms with Gasteiger partial charge in [-0.25, -0.2) is 14.3 Å². The Labute approximate surface area is 145 Å². The standard InChI is InChI=1S/C17H21N5OS/c23-15(14-4-9-20-24-14)21-10-1-5-17(12-21)6-2-11-22(13-17)16-18-7-3-8-19-16/h3-4,7-9H,1-2,5-6,10-13H2. The molecule has 6 nitrogen and oxygen atoms in total. The summed E-state index contributed by atoms with van der Waals surface area (Å²) in [5.74, 6) is 0.937. The Balaban J connectivity index is 1.50. The molecule has 1 unspecified atom stereocenters. The molecule has 1 atom stereocenters. The van der Waals surface area contributed by atoms with Crippen molar-refractivity contribution in [3.63, 3.8) is 0 Å². The van der Waals surface area contributed by atoms with Gasteiger partial charge < -0.3 is 9.80 Å². The van der Waals surface area contributed by atoms with Crippen molar-refractivity contribution in [3.05, 3.63) is 35.6 Å². The summed E-state index contributed by atoms with van der Waals surface area (Å²) in [6.45, 7) is 3.60. The second-order valence-electron chi connectivity index (χ2n) is 6.78. The second-order valence-corrected chi connectivity index (χ2v) is 7.61. The minimum Gasteiger partial charge on any atom is -0.340 e. The molecule has 0 aromatic carbocycles. The van der Waals surface area contributed by atoms with Crippen molar-refractivity contribution in [2.24, 2.45) is 5.41 Å². The van der Waals surface area contributed by atoms with E-state index in [9.17, 15) is 4.79 Å². The number of piperidine rings is 2. The number of hydrogen-bond donors (Lipinski definition) is 0. The Morgan fingerprint density at radius 3 is 2.62 bits per heavy atom. The van der Waals surface area contributed by atoms with Crippen LogP contribution in [0.5, 0.6) is 0 Å². The Kier molecular flexibility index (Phi) is 4.18. The van der Waals surface area contributed by atoms with Gasteiger partial charge in [-0.3, -0.25) is 4.79 Å². The van der Waals surface area contributed by atoms with E-state index in [-0.39, 0.29) is 11.3 Å². The lowest BCUT2D eigenvalue weighted by atomic mass is 9.73. The second kappa shape index (κ2) is 6.47. The first-order valence-corrected chi connectivity index (χ1v) is 9.25. The molecule has 0 aliphatic carbocycles. The minimum atomic E-state index is 0.129. The quantitative estimate of drug-likeness (QED) is 0.838. The summed E-state index contributed by atoms with van der Waals surface area (Å²) in [7, 11) is 0. The van der Waals surface area contributed by atoms with Crippen molar-refractivity contribution in [2.45, 2.75) is 25.7 Å². The van der Waals surface area contributed by atoms with Gasteiger partial charge in [0.25, 0.3) is 5.91 Å². The average molecular weight is 343 g/mol. The van der Waals surface area contributed by atoms with Gasteiger partial charge in [-0.1, -0.05) is 0 Å². The van der Waals surface area contributed by atoms with Gasteiger partial charge in [0, 0.05) is 50.2 Å². The summed E-state index contributed by atoms with van der Waals surface area (Å²) in [4.78, 5) is 26.5. The maximum atomic E-state index is 12.7.